The Bertz CT molecular complexity index is 843. The fraction of sp³-hybridized carbons (Fsp3) is 0.440. The maximum Gasteiger partial charge on any atom is 0.245 e. The molecule has 4 nitrogen and oxygen atoms in total. The summed E-state index contributed by atoms with van der Waals surface area (Å²) in [5.74, 6) is 0.0864. The number of rotatable bonds is 6. The van der Waals surface area contributed by atoms with Crippen molar-refractivity contribution >= 4 is 23.4 Å². The van der Waals surface area contributed by atoms with Crippen LogP contribution in [-0.2, 0) is 9.59 Å². The van der Waals surface area contributed by atoms with Crippen LogP contribution in [0.1, 0.15) is 56.6 Å². The average molecular weight is 427 g/mol. The molecule has 1 saturated heterocycles. The first-order chi connectivity index (χ1) is 14.4. The maximum absolute atomic E-state index is 13.2. The number of amides is 2. The van der Waals surface area contributed by atoms with Gasteiger partial charge in [0.05, 0.1) is 5.92 Å². The largest absolute Gasteiger partial charge is 0.344 e. The predicted molar refractivity (Wildman–Crippen MR) is 122 cm³/mol. The number of carbonyl (C=O) groups is 2. The second kappa shape index (κ2) is 10.1. The maximum atomic E-state index is 13.2. The van der Waals surface area contributed by atoms with Gasteiger partial charge in [-0.25, -0.2) is 0 Å². The molecule has 2 atom stereocenters. The van der Waals surface area contributed by atoms with Crippen molar-refractivity contribution in [3.63, 3.8) is 0 Å². The number of halogens is 1. The lowest BCUT2D eigenvalue weighted by atomic mass is 9.89. The van der Waals surface area contributed by atoms with Gasteiger partial charge in [-0.15, -0.1) is 0 Å². The molecule has 1 N–H and O–H groups in total. The Morgan fingerprint density at radius 2 is 1.57 bits per heavy atom. The molecule has 30 heavy (non-hydrogen) atoms. The van der Waals surface area contributed by atoms with Crippen molar-refractivity contribution in [3.8, 4) is 0 Å². The van der Waals surface area contributed by atoms with Gasteiger partial charge in [0, 0.05) is 18.1 Å². The van der Waals surface area contributed by atoms with Crippen molar-refractivity contribution in [3.05, 3.63) is 70.7 Å². The van der Waals surface area contributed by atoms with Gasteiger partial charge >= 0.3 is 0 Å². The molecule has 2 unspecified atom stereocenters. The van der Waals surface area contributed by atoms with Gasteiger partial charge in [0.15, 0.2) is 0 Å². The molecule has 0 spiro atoms. The molecular formula is C25H31ClN2O2. The van der Waals surface area contributed by atoms with Gasteiger partial charge in [0.25, 0.3) is 0 Å². The standard InChI is InChI=1S/C25H31ClN2O2/c1-17(2)23(27-24(29)18(3)19-7-5-4-6-8-19)25(30)28-15-13-21(14-16-28)20-9-11-22(26)12-10-20/h4-12,17-18,21,23H,13-16H2,1-3H3,(H,27,29). The third-order valence-corrected chi connectivity index (χ3v) is 6.32. The SMILES string of the molecule is CC(C(=O)NC(C(=O)N1CCC(c2ccc(Cl)cc2)CC1)C(C)C)c1ccccc1. The number of piperidine rings is 1. The Morgan fingerprint density at radius 3 is 2.13 bits per heavy atom. The van der Waals surface area contributed by atoms with Crippen LogP contribution in [0.25, 0.3) is 0 Å². The molecule has 5 heteroatoms. The molecule has 0 bridgehead atoms. The number of nitrogens with zero attached hydrogens (tertiary/aromatic N) is 1. The summed E-state index contributed by atoms with van der Waals surface area (Å²) in [4.78, 5) is 27.9. The molecule has 2 aromatic rings. The minimum Gasteiger partial charge on any atom is -0.344 e. The summed E-state index contributed by atoms with van der Waals surface area (Å²) in [7, 11) is 0. The number of carbonyl (C=O) groups excluding carboxylic acids is 2. The van der Waals surface area contributed by atoms with Crippen LogP contribution in [0, 0.1) is 5.92 Å². The van der Waals surface area contributed by atoms with E-state index in [0.717, 1.165) is 23.4 Å². The Morgan fingerprint density at radius 1 is 0.967 bits per heavy atom. The monoisotopic (exact) mass is 426 g/mol. The quantitative estimate of drug-likeness (QED) is 0.707. The van der Waals surface area contributed by atoms with Crippen LogP contribution in [0.2, 0.25) is 5.02 Å². The van der Waals surface area contributed by atoms with Gasteiger partial charge in [0.1, 0.15) is 6.04 Å². The third-order valence-electron chi connectivity index (χ3n) is 6.07. The van der Waals surface area contributed by atoms with Gasteiger partial charge in [-0.05, 0) is 54.9 Å². The van der Waals surface area contributed by atoms with Crippen LogP contribution in [0.4, 0.5) is 0 Å². The highest BCUT2D eigenvalue weighted by molar-refractivity contribution is 6.30. The second-order valence-electron chi connectivity index (χ2n) is 8.51. The molecule has 160 valence electrons. The van der Waals surface area contributed by atoms with E-state index in [-0.39, 0.29) is 23.7 Å². The summed E-state index contributed by atoms with van der Waals surface area (Å²) >= 11 is 6.00. The van der Waals surface area contributed by atoms with Crippen LogP contribution < -0.4 is 5.32 Å². The molecule has 1 fully saturated rings. The fourth-order valence-corrected chi connectivity index (χ4v) is 4.18. The van der Waals surface area contributed by atoms with E-state index < -0.39 is 6.04 Å². The van der Waals surface area contributed by atoms with E-state index >= 15 is 0 Å². The zero-order chi connectivity index (χ0) is 21.7. The van der Waals surface area contributed by atoms with Gasteiger partial charge in [-0.2, -0.15) is 0 Å². The zero-order valence-electron chi connectivity index (χ0n) is 18.0. The number of hydrogen-bond acceptors (Lipinski definition) is 2. The van der Waals surface area contributed by atoms with E-state index in [2.05, 4.69) is 17.4 Å². The first-order valence-electron chi connectivity index (χ1n) is 10.8. The summed E-state index contributed by atoms with van der Waals surface area (Å²) in [6, 6.07) is 17.2. The van der Waals surface area contributed by atoms with E-state index in [0.29, 0.717) is 19.0 Å². The van der Waals surface area contributed by atoms with Crippen LogP contribution >= 0.6 is 11.6 Å². The molecule has 0 saturated carbocycles. The summed E-state index contributed by atoms with van der Waals surface area (Å²) in [6.07, 6.45) is 1.85. The molecule has 1 aliphatic rings. The molecule has 0 aliphatic carbocycles. The fourth-order valence-electron chi connectivity index (χ4n) is 4.05. The first-order valence-corrected chi connectivity index (χ1v) is 11.1. The summed E-state index contributed by atoms with van der Waals surface area (Å²) in [5.41, 5.74) is 2.23. The van der Waals surface area contributed by atoms with E-state index in [4.69, 9.17) is 11.6 Å². The predicted octanol–water partition coefficient (Wildman–Crippen LogP) is 4.99. The van der Waals surface area contributed by atoms with Gasteiger partial charge < -0.3 is 10.2 Å². The van der Waals surface area contributed by atoms with Crippen molar-refractivity contribution in [1.82, 2.24) is 10.2 Å². The molecule has 1 aliphatic heterocycles. The third kappa shape index (κ3) is 5.42. The number of likely N-dealkylation sites (tertiary alicyclic amines) is 1. The Balaban J connectivity index is 1.60. The lowest BCUT2D eigenvalue weighted by Gasteiger charge is -2.36. The van der Waals surface area contributed by atoms with E-state index in [9.17, 15) is 9.59 Å². The highest BCUT2D eigenvalue weighted by Crippen LogP contribution is 2.29. The van der Waals surface area contributed by atoms with E-state index in [1.165, 1.54) is 5.56 Å². The highest BCUT2D eigenvalue weighted by Gasteiger charge is 2.32. The van der Waals surface area contributed by atoms with Crippen molar-refractivity contribution < 1.29 is 9.59 Å². The minimum absolute atomic E-state index is 0.0215. The average Bonchev–Trinajstić information content (AvgIpc) is 2.77. The number of nitrogens with one attached hydrogen (secondary N) is 1. The topological polar surface area (TPSA) is 49.4 Å². The van der Waals surface area contributed by atoms with Crippen molar-refractivity contribution in [2.75, 3.05) is 13.1 Å². The molecule has 2 aromatic carbocycles. The Hall–Kier alpha value is -2.33. The molecule has 3 rings (SSSR count). The van der Waals surface area contributed by atoms with Crippen LogP contribution in [-0.4, -0.2) is 35.8 Å². The molecule has 0 radical (unpaired) electrons. The first kappa shape index (κ1) is 22.4. The van der Waals surface area contributed by atoms with Gasteiger partial charge in [-0.3, -0.25) is 9.59 Å². The van der Waals surface area contributed by atoms with E-state index in [1.807, 2.05) is 68.1 Å². The van der Waals surface area contributed by atoms with Crippen LogP contribution in [0.3, 0.4) is 0 Å². The van der Waals surface area contributed by atoms with Crippen LogP contribution in [0.15, 0.2) is 54.6 Å². The lowest BCUT2D eigenvalue weighted by molar-refractivity contribution is -0.138. The summed E-state index contributed by atoms with van der Waals surface area (Å²) < 4.78 is 0. The molecule has 1 heterocycles. The number of benzene rings is 2. The molecular weight excluding hydrogens is 396 g/mol. The minimum atomic E-state index is -0.504. The Labute approximate surface area is 184 Å². The normalized spacial score (nSPS) is 16.9. The molecule has 2 amide bonds. The highest BCUT2D eigenvalue weighted by atomic mass is 35.5. The summed E-state index contributed by atoms with van der Waals surface area (Å²) in [6.45, 7) is 7.26. The smallest absolute Gasteiger partial charge is 0.245 e. The second-order valence-corrected chi connectivity index (χ2v) is 8.95. The van der Waals surface area contributed by atoms with Crippen LogP contribution in [0.5, 0.6) is 0 Å². The zero-order valence-corrected chi connectivity index (χ0v) is 18.7. The lowest BCUT2D eigenvalue weighted by Crippen LogP contribution is -2.53. The van der Waals surface area contributed by atoms with Gasteiger partial charge in [0.2, 0.25) is 11.8 Å². The van der Waals surface area contributed by atoms with E-state index in [1.54, 1.807) is 0 Å². The van der Waals surface area contributed by atoms with Crippen molar-refractivity contribution in [1.29, 1.82) is 0 Å². The molecule has 0 aromatic heterocycles. The number of hydrogen-bond donors (Lipinski definition) is 1. The summed E-state index contributed by atoms with van der Waals surface area (Å²) in [5, 5.41) is 3.76. The van der Waals surface area contributed by atoms with Crippen molar-refractivity contribution in [2.24, 2.45) is 5.92 Å². The van der Waals surface area contributed by atoms with Gasteiger partial charge in [-0.1, -0.05) is 67.9 Å². The Kier molecular flexibility index (Phi) is 7.54. The van der Waals surface area contributed by atoms with Crippen molar-refractivity contribution in [2.45, 2.75) is 51.5 Å².